The molecule has 0 aliphatic carbocycles. The van der Waals surface area contributed by atoms with Gasteiger partial charge in [-0.2, -0.15) is 0 Å². The van der Waals surface area contributed by atoms with Crippen LogP contribution in [0.4, 0.5) is 0 Å². The highest BCUT2D eigenvalue weighted by Crippen LogP contribution is 2.26. The third-order valence-electron chi connectivity index (χ3n) is 3.66. The summed E-state index contributed by atoms with van der Waals surface area (Å²) in [5, 5.41) is 3.41. The van der Waals surface area contributed by atoms with E-state index in [1.165, 1.54) is 43.5 Å². The topological polar surface area (TPSA) is 30.5 Å². The molecule has 0 atom stereocenters. The van der Waals surface area contributed by atoms with Crippen LogP contribution in [-0.4, -0.2) is 19.9 Å². The van der Waals surface area contributed by atoms with Crippen molar-refractivity contribution in [3.63, 3.8) is 0 Å². The molecule has 1 aromatic carbocycles. The Morgan fingerprint density at radius 3 is 3.00 bits per heavy atom. The van der Waals surface area contributed by atoms with Crippen LogP contribution in [0.5, 0.6) is 5.75 Å². The Morgan fingerprint density at radius 1 is 1.24 bits per heavy atom. The van der Waals surface area contributed by atoms with Crippen molar-refractivity contribution in [1.29, 1.82) is 0 Å². The molecule has 0 radical (unpaired) electrons. The van der Waals surface area contributed by atoms with E-state index in [1.807, 2.05) is 0 Å². The van der Waals surface area contributed by atoms with Crippen molar-refractivity contribution in [2.45, 2.75) is 25.9 Å². The number of hydrogen-bond acceptors (Lipinski definition) is 3. The second kappa shape index (κ2) is 5.07. The summed E-state index contributed by atoms with van der Waals surface area (Å²) in [6, 6.07) is 6.54. The van der Waals surface area contributed by atoms with Crippen LogP contribution in [0.25, 0.3) is 0 Å². The minimum absolute atomic E-state index is 0.390. The summed E-state index contributed by atoms with van der Waals surface area (Å²) in [7, 11) is 0. The maximum absolute atomic E-state index is 5.44. The lowest BCUT2D eigenvalue weighted by atomic mass is 9.90. The minimum Gasteiger partial charge on any atom is -0.467 e. The third-order valence-corrected chi connectivity index (χ3v) is 3.66. The van der Waals surface area contributed by atoms with Gasteiger partial charge in [0.2, 0.25) is 0 Å². The van der Waals surface area contributed by atoms with Crippen molar-refractivity contribution in [3.05, 3.63) is 29.3 Å². The Labute approximate surface area is 102 Å². The number of ether oxygens (including phenoxy) is 2. The quantitative estimate of drug-likeness (QED) is 0.848. The van der Waals surface area contributed by atoms with Gasteiger partial charge in [0.05, 0.1) is 6.61 Å². The van der Waals surface area contributed by atoms with Crippen molar-refractivity contribution in [2.75, 3.05) is 19.9 Å². The average molecular weight is 233 g/mol. The van der Waals surface area contributed by atoms with Gasteiger partial charge in [-0.15, -0.1) is 0 Å². The summed E-state index contributed by atoms with van der Waals surface area (Å²) in [6.07, 6.45) is 3.78. The fraction of sp³-hybridized carbons (Fsp3) is 0.571. The van der Waals surface area contributed by atoms with Crippen LogP contribution in [0.1, 0.15) is 24.0 Å². The summed E-state index contributed by atoms with van der Waals surface area (Å²) in [6.45, 7) is 3.42. The summed E-state index contributed by atoms with van der Waals surface area (Å²) >= 11 is 0. The van der Waals surface area contributed by atoms with E-state index in [0.29, 0.717) is 13.4 Å². The lowest BCUT2D eigenvalue weighted by Gasteiger charge is -2.23. The Hall–Kier alpha value is -1.06. The molecule has 0 unspecified atom stereocenters. The molecule has 1 saturated heterocycles. The van der Waals surface area contributed by atoms with E-state index in [-0.39, 0.29) is 0 Å². The van der Waals surface area contributed by atoms with E-state index < -0.39 is 0 Å². The molecule has 92 valence electrons. The van der Waals surface area contributed by atoms with Crippen LogP contribution in [0, 0.1) is 5.92 Å². The Kier molecular flexibility index (Phi) is 3.29. The number of piperidine rings is 1. The first-order valence-corrected chi connectivity index (χ1v) is 6.45. The van der Waals surface area contributed by atoms with Gasteiger partial charge in [0, 0.05) is 5.56 Å². The first kappa shape index (κ1) is 11.1. The standard InChI is InChI=1S/C14H19NO2/c1-2-14-13(9-16-10-17-14)8-12(1)7-11-3-5-15-6-4-11/h1-2,8,11,15H,3-7,9-10H2. The highest BCUT2D eigenvalue weighted by atomic mass is 16.7. The van der Waals surface area contributed by atoms with E-state index >= 15 is 0 Å². The highest BCUT2D eigenvalue weighted by molar-refractivity contribution is 5.37. The van der Waals surface area contributed by atoms with E-state index in [4.69, 9.17) is 9.47 Å². The van der Waals surface area contributed by atoms with Crippen LogP contribution in [0.15, 0.2) is 18.2 Å². The van der Waals surface area contributed by atoms with Gasteiger partial charge in [-0.25, -0.2) is 0 Å². The van der Waals surface area contributed by atoms with Gasteiger partial charge in [-0.05, 0) is 56.0 Å². The molecule has 17 heavy (non-hydrogen) atoms. The maximum Gasteiger partial charge on any atom is 0.189 e. The summed E-state index contributed by atoms with van der Waals surface area (Å²) in [4.78, 5) is 0. The summed E-state index contributed by atoms with van der Waals surface area (Å²) in [5.41, 5.74) is 2.62. The summed E-state index contributed by atoms with van der Waals surface area (Å²) in [5.74, 6) is 1.82. The smallest absolute Gasteiger partial charge is 0.189 e. The molecule has 1 aromatic rings. The van der Waals surface area contributed by atoms with Gasteiger partial charge in [0.25, 0.3) is 0 Å². The molecule has 3 heteroatoms. The van der Waals surface area contributed by atoms with Gasteiger partial charge < -0.3 is 14.8 Å². The molecule has 0 aromatic heterocycles. The lowest BCUT2D eigenvalue weighted by Crippen LogP contribution is -2.28. The van der Waals surface area contributed by atoms with Gasteiger partial charge in [0.1, 0.15) is 5.75 Å². The monoisotopic (exact) mass is 233 g/mol. The normalized spacial score (nSPS) is 20.7. The fourth-order valence-electron chi connectivity index (χ4n) is 2.69. The van der Waals surface area contributed by atoms with Crippen LogP contribution in [0.2, 0.25) is 0 Å². The molecule has 1 N–H and O–H groups in total. The van der Waals surface area contributed by atoms with Crippen LogP contribution in [-0.2, 0) is 17.8 Å². The van der Waals surface area contributed by atoms with Crippen molar-refractivity contribution in [3.8, 4) is 5.75 Å². The van der Waals surface area contributed by atoms with Crippen molar-refractivity contribution in [1.82, 2.24) is 5.32 Å². The Balaban J connectivity index is 1.70. The SMILES string of the molecule is c1cc2c(cc1CC1CCNCC1)COCO2. The Morgan fingerprint density at radius 2 is 2.12 bits per heavy atom. The number of benzene rings is 1. The second-order valence-electron chi connectivity index (χ2n) is 4.95. The maximum atomic E-state index is 5.44. The molecule has 0 bridgehead atoms. The van der Waals surface area contributed by atoms with Crippen LogP contribution < -0.4 is 10.1 Å². The van der Waals surface area contributed by atoms with Gasteiger partial charge in [0.15, 0.2) is 6.79 Å². The van der Waals surface area contributed by atoms with Crippen molar-refractivity contribution >= 4 is 0 Å². The zero-order chi connectivity index (χ0) is 11.5. The minimum atomic E-state index is 0.390. The molecular weight excluding hydrogens is 214 g/mol. The molecule has 3 rings (SSSR count). The fourth-order valence-corrected chi connectivity index (χ4v) is 2.69. The average Bonchev–Trinajstić information content (AvgIpc) is 2.40. The number of fused-ring (bicyclic) bond motifs is 1. The van der Waals surface area contributed by atoms with Gasteiger partial charge >= 0.3 is 0 Å². The van der Waals surface area contributed by atoms with Crippen molar-refractivity contribution in [2.24, 2.45) is 5.92 Å². The molecule has 2 aliphatic rings. The van der Waals surface area contributed by atoms with Crippen molar-refractivity contribution < 1.29 is 9.47 Å². The number of rotatable bonds is 2. The van der Waals surface area contributed by atoms with E-state index in [0.717, 1.165) is 11.7 Å². The van der Waals surface area contributed by atoms with Gasteiger partial charge in [-0.1, -0.05) is 6.07 Å². The zero-order valence-electron chi connectivity index (χ0n) is 10.1. The molecule has 0 spiro atoms. The van der Waals surface area contributed by atoms with Crippen LogP contribution >= 0.6 is 0 Å². The van der Waals surface area contributed by atoms with E-state index in [9.17, 15) is 0 Å². The molecule has 1 fully saturated rings. The van der Waals surface area contributed by atoms with Crippen LogP contribution in [0.3, 0.4) is 0 Å². The largest absolute Gasteiger partial charge is 0.467 e. The predicted molar refractivity (Wildman–Crippen MR) is 66.0 cm³/mol. The molecule has 2 heterocycles. The molecule has 0 saturated carbocycles. The number of nitrogens with one attached hydrogen (secondary N) is 1. The first-order valence-electron chi connectivity index (χ1n) is 6.45. The Bertz CT molecular complexity index is 386. The zero-order valence-corrected chi connectivity index (χ0v) is 10.1. The van der Waals surface area contributed by atoms with Gasteiger partial charge in [-0.3, -0.25) is 0 Å². The van der Waals surface area contributed by atoms with E-state index in [2.05, 4.69) is 23.5 Å². The first-order chi connectivity index (χ1) is 8.42. The second-order valence-corrected chi connectivity index (χ2v) is 4.95. The third kappa shape index (κ3) is 2.61. The summed E-state index contributed by atoms with van der Waals surface area (Å²) < 4.78 is 10.7. The number of hydrogen-bond donors (Lipinski definition) is 1. The molecule has 2 aliphatic heterocycles. The predicted octanol–water partition coefficient (Wildman–Crippen LogP) is 2.10. The highest BCUT2D eigenvalue weighted by Gasteiger charge is 2.15. The molecule has 0 amide bonds. The lowest BCUT2D eigenvalue weighted by molar-refractivity contribution is -0.0164. The molecule has 3 nitrogen and oxygen atoms in total. The van der Waals surface area contributed by atoms with E-state index in [1.54, 1.807) is 0 Å². The molecular formula is C14H19NO2.